The lowest BCUT2D eigenvalue weighted by molar-refractivity contribution is -0.131. The van der Waals surface area contributed by atoms with Crippen molar-refractivity contribution in [1.82, 2.24) is 10.2 Å². The fraction of sp³-hybridized carbons (Fsp3) is 0.571. The number of hydrogen-bond acceptors (Lipinski definition) is 6. The van der Waals surface area contributed by atoms with E-state index in [-0.39, 0.29) is 6.42 Å². The number of nitrogens with two attached hydrogens (primary N) is 1. The second kappa shape index (κ2) is 9.84. The number of nitrogens with one attached hydrogen (secondary N) is 2. The van der Waals surface area contributed by atoms with Crippen molar-refractivity contribution in [3.05, 3.63) is 29.3 Å². The third kappa shape index (κ3) is 4.94. The lowest BCUT2D eigenvalue weighted by Crippen LogP contribution is -2.55. The molecule has 8 heteroatoms. The molecule has 2 aliphatic heterocycles. The lowest BCUT2D eigenvalue weighted by atomic mass is 10.0. The maximum Gasteiger partial charge on any atom is 0.262 e. The van der Waals surface area contributed by atoms with E-state index in [0.717, 1.165) is 42.9 Å². The Labute approximate surface area is 170 Å². The summed E-state index contributed by atoms with van der Waals surface area (Å²) in [5.74, 6) is -1.40. The Balaban J connectivity index is 1.54. The molecule has 0 spiro atoms. The molecule has 29 heavy (non-hydrogen) atoms. The van der Waals surface area contributed by atoms with Gasteiger partial charge in [-0.25, -0.2) is 0 Å². The molecule has 1 aromatic carbocycles. The summed E-state index contributed by atoms with van der Waals surface area (Å²) in [6.45, 7) is 1.55. The first-order valence-electron chi connectivity index (χ1n) is 10.5. The average molecular weight is 402 g/mol. The zero-order chi connectivity index (χ0) is 20.8. The van der Waals surface area contributed by atoms with E-state index in [1.165, 1.54) is 19.3 Å². The summed E-state index contributed by atoms with van der Waals surface area (Å²) in [5.41, 5.74) is 6.92. The van der Waals surface area contributed by atoms with Gasteiger partial charge in [-0.2, -0.15) is 0 Å². The Hall–Kier alpha value is -2.45. The highest BCUT2D eigenvalue weighted by Gasteiger charge is 2.44. The van der Waals surface area contributed by atoms with Gasteiger partial charge in [0.05, 0.1) is 11.1 Å². The Morgan fingerprint density at radius 3 is 2.41 bits per heavy atom. The summed E-state index contributed by atoms with van der Waals surface area (Å²) in [4.78, 5) is 38.7. The largest absolute Gasteiger partial charge is 0.385 e. The van der Waals surface area contributed by atoms with E-state index in [1.54, 1.807) is 18.2 Å². The molecule has 2 heterocycles. The maximum atomic E-state index is 12.8. The first kappa shape index (κ1) is 21.3. The van der Waals surface area contributed by atoms with E-state index in [4.69, 9.17) is 5.73 Å². The van der Waals surface area contributed by atoms with E-state index in [0.29, 0.717) is 17.5 Å². The highest BCUT2D eigenvalue weighted by atomic mass is 16.3. The average Bonchev–Trinajstić information content (AvgIpc) is 2.94. The molecule has 5 N–H and O–H groups in total. The van der Waals surface area contributed by atoms with Gasteiger partial charge in [-0.1, -0.05) is 25.7 Å². The van der Waals surface area contributed by atoms with Crippen molar-refractivity contribution in [3.8, 4) is 0 Å². The molecule has 1 saturated heterocycles. The lowest BCUT2D eigenvalue weighted by Gasteiger charge is -2.31. The van der Waals surface area contributed by atoms with Crippen molar-refractivity contribution in [2.24, 2.45) is 5.73 Å². The smallest absolute Gasteiger partial charge is 0.262 e. The monoisotopic (exact) mass is 402 g/mol. The Bertz CT molecular complexity index is 767. The molecule has 3 amide bonds. The third-order valence-electron chi connectivity index (χ3n) is 5.51. The van der Waals surface area contributed by atoms with Crippen LogP contribution in [0.25, 0.3) is 0 Å². The highest BCUT2D eigenvalue weighted by molar-refractivity contribution is 6.23. The van der Waals surface area contributed by atoms with Gasteiger partial charge >= 0.3 is 0 Å². The van der Waals surface area contributed by atoms with Crippen molar-refractivity contribution < 1.29 is 19.5 Å². The van der Waals surface area contributed by atoms with Gasteiger partial charge in [0.1, 0.15) is 12.3 Å². The summed E-state index contributed by atoms with van der Waals surface area (Å²) < 4.78 is 0. The number of benzene rings is 1. The van der Waals surface area contributed by atoms with Gasteiger partial charge in [0.25, 0.3) is 11.8 Å². The molecule has 0 aliphatic carbocycles. The second-order valence-electron chi connectivity index (χ2n) is 7.69. The van der Waals surface area contributed by atoms with Crippen LogP contribution in [0.15, 0.2) is 18.2 Å². The van der Waals surface area contributed by atoms with Crippen LogP contribution in [0.5, 0.6) is 0 Å². The number of fused-ring (bicyclic) bond motifs is 1. The molecule has 1 fully saturated rings. The molecule has 3 rings (SSSR count). The number of anilines is 1. The summed E-state index contributed by atoms with van der Waals surface area (Å²) in [7, 11) is 0. The summed E-state index contributed by atoms with van der Waals surface area (Å²) in [6, 6.07) is 4.24. The van der Waals surface area contributed by atoms with Gasteiger partial charge in [-0.15, -0.1) is 0 Å². The standard InChI is InChI=1S/C21H30N4O4/c22-11-5-3-1-2-4-6-12-23-14-7-8-15-16(13-14)21(29)25(20(15)28)17-9-10-18(26)24-19(17)27/h7-8,13,17-18,23,26H,1-6,9-12,22H2,(H,24,27). The molecule has 1 aromatic rings. The Kier molecular flexibility index (Phi) is 7.22. The van der Waals surface area contributed by atoms with Gasteiger partial charge in [0.2, 0.25) is 5.91 Å². The van der Waals surface area contributed by atoms with Gasteiger partial charge in [-0.3, -0.25) is 19.3 Å². The van der Waals surface area contributed by atoms with E-state index in [9.17, 15) is 19.5 Å². The minimum absolute atomic E-state index is 0.259. The second-order valence-corrected chi connectivity index (χ2v) is 7.69. The summed E-state index contributed by atoms with van der Waals surface area (Å²) in [6.07, 6.45) is 6.46. The van der Waals surface area contributed by atoms with Crippen LogP contribution in [0.3, 0.4) is 0 Å². The van der Waals surface area contributed by atoms with Crippen molar-refractivity contribution in [1.29, 1.82) is 0 Å². The zero-order valence-electron chi connectivity index (χ0n) is 16.7. The van der Waals surface area contributed by atoms with Crippen molar-refractivity contribution in [2.75, 3.05) is 18.4 Å². The SMILES string of the molecule is NCCCCCCCCNc1ccc2c(c1)C(=O)N(C1CCC(O)NC1=O)C2=O. The molecule has 8 nitrogen and oxygen atoms in total. The maximum absolute atomic E-state index is 12.8. The minimum Gasteiger partial charge on any atom is -0.385 e. The van der Waals surface area contributed by atoms with Crippen LogP contribution in [0.2, 0.25) is 0 Å². The van der Waals surface area contributed by atoms with Gasteiger partial charge in [0.15, 0.2) is 0 Å². The van der Waals surface area contributed by atoms with E-state index < -0.39 is 30.0 Å². The molecular formula is C21H30N4O4. The topological polar surface area (TPSA) is 125 Å². The molecule has 0 bridgehead atoms. The van der Waals surface area contributed by atoms with Crippen LogP contribution in [-0.4, -0.2) is 53.1 Å². The third-order valence-corrected chi connectivity index (χ3v) is 5.51. The van der Waals surface area contributed by atoms with Crippen LogP contribution in [0, 0.1) is 0 Å². The number of nitrogens with zero attached hydrogens (tertiary/aromatic N) is 1. The van der Waals surface area contributed by atoms with Crippen LogP contribution < -0.4 is 16.4 Å². The molecule has 158 valence electrons. The fourth-order valence-corrected chi connectivity index (χ4v) is 3.89. The van der Waals surface area contributed by atoms with Gasteiger partial charge < -0.3 is 21.5 Å². The number of amides is 3. The number of aliphatic hydroxyl groups is 1. The Morgan fingerprint density at radius 2 is 1.69 bits per heavy atom. The molecule has 2 aliphatic rings. The predicted molar refractivity (Wildman–Crippen MR) is 109 cm³/mol. The minimum atomic E-state index is -0.926. The quantitative estimate of drug-likeness (QED) is 0.348. The van der Waals surface area contributed by atoms with Crippen LogP contribution >= 0.6 is 0 Å². The number of rotatable bonds is 10. The molecule has 0 saturated carbocycles. The normalized spacial score (nSPS) is 21.3. The van der Waals surface area contributed by atoms with Gasteiger partial charge in [-0.05, 0) is 50.4 Å². The van der Waals surface area contributed by atoms with Crippen molar-refractivity contribution >= 4 is 23.4 Å². The molecule has 2 atom stereocenters. The first-order chi connectivity index (χ1) is 14.0. The number of hydrogen-bond donors (Lipinski definition) is 4. The number of carbonyl (C=O) groups excluding carboxylic acids is 3. The van der Waals surface area contributed by atoms with Crippen molar-refractivity contribution in [2.45, 2.75) is 63.6 Å². The molecular weight excluding hydrogens is 372 g/mol. The number of imide groups is 1. The summed E-state index contributed by atoms with van der Waals surface area (Å²) >= 11 is 0. The fourth-order valence-electron chi connectivity index (χ4n) is 3.89. The van der Waals surface area contributed by atoms with Crippen LogP contribution in [0.4, 0.5) is 5.69 Å². The number of carbonyl (C=O) groups is 3. The molecule has 2 unspecified atom stereocenters. The van der Waals surface area contributed by atoms with E-state index in [2.05, 4.69) is 10.6 Å². The predicted octanol–water partition coefficient (Wildman–Crippen LogP) is 1.59. The number of piperidine rings is 1. The first-order valence-corrected chi connectivity index (χ1v) is 10.5. The Morgan fingerprint density at radius 1 is 1.00 bits per heavy atom. The molecule has 0 aromatic heterocycles. The van der Waals surface area contributed by atoms with E-state index >= 15 is 0 Å². The summed E-state index contributed by atoms with van der Waals surface area (Å²) in [5, 5.41) is 15.2. The number of unbranched alkanes of at least 4 members (excludes halogenated alkanes) is 5. The van der Waals surface area contributed by atoms with E-state index in [1.807, 2.05) is 0 Å². The van der Waals surface area contributed by atoms with Crippen LogP contribution in [-0.2, 0) is 4.79 Å². The zero-order valence-corrected chi connectivity index (χ0v) is 16.7. The van der Waals surface area contributed by atoms with Crippen LogP contribution in [0.1, 0.15) is 72.1 Å². The molecule has 0 radical (unpaired) electrons. The van der Waals surface area contributed by atoms with Gasteiger partial charge in [0, 0.05) is 12.2 Å². The highest BCUT2D eigenvalue weighted by Crippen LogP contribution is 2.29. The van der Waals surface area contributed by atoms with Crippen molar-refractivity contribution in [3.63, 3.8) is 0 Å². The number of aliphatic hydroxyl groups excluding tert-OH is 1.